The van der Waals surface area contributed by atoms with E-state index in [1.165, 1.54) is 16.9 Å². The van der Waals surface area contributed by atoms with Gasteiger partial charge < -0.3 is 19.4 Å². The number of thiophene rings is 1. The molecule has 1 aromatic carbocycles. The van der Waals surface area contributed by atoms with Gasteiger partial charge in [0.2, 0.25) is 0 Å². The number of hydrogen-bond acceptors (Lipinski definition) is 6. The summed E-state index contributed by atoms with van der Waals surface area (Å²) in [5, 5.41) is 0.786. The van der Waals surface area contributed by atoms with Crippen LogP contribution in [0.4, 0.5) is 0 Å². The van der Waals surface area contributed by atoms with Gasteiger partial charge in [-0.15, -0.1) is 11.3 Å². The number of H-pyrrole nitrogens is 1. The van der Waals surface area contributed by atoms with Gasteiger partial charge >= 0.3 is 0 Å². The Bertz CT molecular complexity index is 1260. The lowest BCUT2D eigenvalue weighted by Gasteiger charge is -2.32. The topological polar surface area (TPSA) is 84.5 Å². The maximum absolute atomic E-state index is 13.2. The second-order valence-electron chi connectivity index (χ2n) is 8.79. The first kappa shape index (κ1) is 19.8. The van der Waals surface area contributed by atoms with E-state index in [0.717, 1.165) is 42.3 Å². The average molecular weight is 452 g/mol. The van der Waals surface area contributed by atoms with Crippen molar-refractivity contribution in [1.82, 2.24) is 14.9 Å². The Morgan fingerprint density at radius 2 is 1.97 bits per heavy atom. The highest BCUT2D eigenvalue weighted by Gasteiger charge is 2.29. The summed E-state index contributed by atoms with van der Waals surface area (Å²) >= 11 is 1.67. The van der Waals surface area contributed by atoms with Gasteiger partial charge in [0.15, 0.2) is 11.5 Å². The van der Waals surface area contributed by atoms with Gasteiger partial charge in [-0.3, -0.25) is 9.59 Å². The molecule has 0 bridgehead atoms. The Hall–Kier alpha value is -2.87. The van der Waals surface area contributed by atoms with E-state index in [2.05, 4.69) is 4.98 Å². The molecule has 32 heavy (non-hydrogen) atoms. The second kappa shape index (κ2) is 7.92. The first-order valence-electron chi connectivity index (χ1n) is 11.4. The Labute approximate surface area is 189 Å². The minimum absolute atomic E-state index is 0.0262. The minimum atomic E-state index is -0.0281. The third kappa shape index (κ3) is 3.37. The summed E-state index contributed by atoms with van der Waals surface area (Å²) < 4.78 is 11.2. The molecule has 1 atom stereocenters. The van der Waals surface area contributed by atoms with Crippen LogP contribution in [0, 0.1) is 0 Å². The van der Waals surface area contributed by atoms with E-state index in [4.69, 9.17) is 14.5 Å². The van der Waals surface area contributed by atoms with Gasteiger partial charge in [-0.1, -0.05) is 0 Å². The molecule has 1 saturated heterocycles. The number of aryl methyl sites for hydroxylation is 2. The molecule has 1 fully saturated rings. The molecule has 4 heterocycles. The molecule has 0 radical (unpaired) electrons. The van der Waals surface area contributed by atoms with Gasteiger partial charge in [-0.05, 0) is 62.3 Å². The first-order valence-corrected chi connectivity index (χ1v) is 12.2. The van der Waals surface area contributed by atoms with E-state index in [0.29, 0.717) is 49.2 Å². The first-order chi connectivity index (χ1) is 15.7. The second-order valence-corrected chi connectivity index (χ2v) is 9.87. The lowest BCUT2D eigenvalue weighted by atomic mass is 9.95. The normalized spacial score (nSPS) is 20.2. The van der Waals surface area contributed by atoms with E-state index in [-0.39, 0.29) is 17.4 Å². The lowest BCUT2D eigenvalue weighted by Crippen LogP contribution is -2.40. The molecule has 6 rings (SSSR count). The molecule has 2 aliphatic heterocycles. The summed E-state index contributed by atoms with van der Waals surface area (Å²) in [5.41, 5.74) is 1.77. The summed E-state index contributed by atoms with van der Waals surface area (Å²) in [7, 11) is 0. The molecular formula is C24H25N3O4S. The monoisotopic (exact) mass is 451 g/mol. The van der Waals surface area contributed by atoms with Gasteiger partial charge in [0, 0.05) is 29.4 Å². The average Bonchev–Trinajstić information content (AvgIpc) is 3.22. The number of nitrogens with one attached hydrogen (secondary N) is 1. The van der Waals surface area contributed by atoms with Crippen molar-refractivity contribution in [3.63, 3.8) is 0 Å². The Morgan fingerprint density at radius 1 is 1.12 bits per heavy atom. The molecule has 0 saturated carbocycles. The number of ether oxygens (including phenoxy) is 2. The Balaban J connectivity index is 1.26. The van der Waals surface area contributed by atoms with Gasteiger partial charge in [0.05, 0.1) is 5.39 Å². The van der Waals surface area contributed by atoms with Crippen LogP contribution in [0.15, 0.2) is 23.0 Å². The minimum Gasteiger partial charge on any atom is -0.486 e. The maximum Gasteiger partial charge on any atom is 0.259 e. The predicted molar refractivity (Wildman–Crippen MR) is 122 cm³/mol. The van der Waals surface area contributed by atoms with E-state index >= 15 is 0 Å². The van der Waals surface area contributed by atoms with Crippen molar-refractivity contribution >= 4 is 27.5 Å². The molecule has 1 amide bonds. The van der Waals surface area contributed by atoms with Crippen LogP contribution in [-0.4, -0.2) is 47.1 Å². The van der Waals surface area contributed by atoms with Gasteiger partial charge in [-0.2, -0.15) is 0 Å². The highest BCUT2D eigenvalue weighted by molar-refractivity contribution is 7.18. The van der Waals surface area contributed by atoms with E-state index in [9.17, 15) is 9.59 Å². The summed E-state index contributed by atoms with van der Waals surface area (Å²) in [6.07, 6.45) is 6.13. The number of piperidine rings is 1. The third-order valence-electron chi connectivity index (χ3n) is 6.73. The molecule has 3 aromatic rings. The SMILES string of the molecule is O=C(c1ccc2c(c1)OCCO2)N1CCCC(c2nc3sc4c(c3c(=O)[nH]2)CCCC4)C1. The number of rotatable bonds is 2. The van der Waals surface area contributed by atoms with Crippen LogP contribution in [-0.2, 0) is 12.8 Å². The van der Waals surface area contributed by atoms with Crippen LogP contribution < -0.4 is 15.0 Å². The number of benzene rings is 1. The van der Waals surface area contributed by atoms with Crippen molar-refractivity contribution in [2.45, 2.75) is 44.4 Å². The number of carbonyl (C=O) groups is 1. The van der Waals surface area contributed by atoms with Crippen molar-refractivity contribution in [2.24, 2.45) is 0 Å². The van der Waals surface area contributed by atoms with Gasteiger partial charge in [0.25, 0.3) is 11.5 Å². The number of aromatic nitrogens is 2. The number of hydrogen-bond donors (Lipinski definition) is 1. The summed E-state index contributed by atoms with van der Waals surface area (Å²) in [6, 6.07) is 5.36. The molecule has 166 valence electrons. The number of likely N-dealkylation sites (tertiary alicyclic amines) is 1. The molecule has 1 N–H and O–H groups in total. The number of fused-ring (bicyclic) bond motifs is 4. The smallest absolute Gasteiger partial charge is 0.259 e. The van der Waals surface area contributed by atoms with Crippen molar-refractivity contribution in [3.05, 3.63) is 50.4 Å². The van der Waals surface area contributed by atoms with Crippen molar-refractivity contribution < 1.29 is 14.3 Å². The zero-order valence-electron chi connectivity index (χ0n) is 17.8. The Kier molecular flexibility index (Phi) is 4.90. The van der Waals surface area contributed by atoms with Crippen LogP contribution in [0.5, 0.6) is 11.5 Å². The number of amides is 1. The molecule has 3 aliphatic rings. The van der Waals surface area contributed by atoms with Crippen molar-refractivity contribution in [3.8, 4) is 11.5 Å². The summed E-state index contributed by atoms with van der Waals surface area (Å²) in [6.45, 7) is 2.26. The highest BCUT2D eigenvalue weighted by atomic mass is 32.1. The zero-order valence-corrected chi connectivity index (χ0v) is 18.6. The zero-order chi connectivity index (χ0) is 21.7. The van der Waals surface area contributed by atoms with E-state index < -0.39 is 0 Å². The summed E-state index contributed by atoms with van der Waals surface area (Å²) in [5.74, 6) is 2.01. The number of nitrogens with zero attached hydrogens (tertiary/aromatic N) is 2. The molecule has 8 heteroatoms. The predicted octanol–water partition coefficient (Wildman–Crippen LogP) is 3.65. The van der Waals surface area contributed by atoms with Crippen LogP contribution in [0.2, 0.25) is 0 Å². The van der Waals surface area contributed by atoms with E-state index in [1.54, 1.807) is 29.5 Å². The van der Waals surface area contributed by atoms with Gasteiger partial charge in [-0.25, -0.2) is 4.98 Å². The number of carbonyl (C=O) groups excluding carboxylic acids is 1. The largest absolute Gasteiger partial charge is 0.486 e. The Morgan fingerprint density at radius 3 is 2.88 bits per heavy atom. The van der Waals surface area contributed by atoms with Crippen molar-refractivity contribution in [1.29, 1.82) is 0 Å². The quantitative estimate of drug-likeness (QED) is 0.643. The fraction of sp³-hybridized carbons (Fsp3) is 0.458. The molecular weight excluding hydrogens is 426 g/mol. The third-order valence-corrected chi connectivity index (χ3v) is 7.91. The van der Waals surface area contributed by atoms with Crippen LogP contribution >= 0.6 is 11.3 Å². The van der Waals surface area contributed by atoms with Crippen LogP contribution in [0.25, 0.3) is 10.2 Å². The molecule has 0 spiro atoms. The fourth-order valence-electron chi connectivity index (χ4n) is 5.12. The molecule has 2 aromatic heterocycles. The fourth-order valence-corrected chi connectivity index (χ4v) is 6.39. The highest BCUT2D eigenvalue weighted by Crippen LogP contribution is 2.35. The lowest BCUT2D eigenvalue weighted by molar-refractivity contribution is 0.0703. The van der Waals surface area contributed by atoms with Crippen molar-refractivity contribution in [2.75, 3.05) is 26.3 Å². The van der Waals surface area contributed by atoms with Gasteiger partial charge in [0.1, 0.15) is 23.9 Å². The molecule has 1 unspecified atom stereocenters. The molecule has 7 nitrogen and oxygen atoms in total. The molecule has 1 aliphatic carbocycles. The van der Waals surface area contributed by atoms with Crippen LogP contribution in [0.1, 0.15) is 58.2 Å². The summed E-state index contributed by atoms with van der Waals surface area (Å²) in [4.78, 5) is 38.1. The van der Waals surface area contributed by atoms with E-state index in [1.807, 2.05) is 4.90 Å². The number of aromatic amines is 1. The standard InChI is InChI=1S/C24H25N3O4S/c28-22-20-16-5-1-2-6-19(16)32-23(20)26-21(25-22)15-4-3-9-27(13-15)24(29)14-7-8-17-18(12-14)31-11-10-30-17/h7-8,12,15H,1-6,9-11,13H2,(H,25,26,28). The van der Waals surface area contributed by atoms with Crippen LogP contribution in [0.3, 0.4) is 0 Å². The maximum atomic E-state index is 13.2.